The third-order valence-corrected chi connectivity index (χ3v) is 23.0. The smallest absolute Gasteiger partial charge is 0.130 e. The number of hydrogen-bond donors (Lipinski definition) is 0. The summed E-state index contributed by atoms with van der Waals surface area (Å²) in [6.45, 7) is 29.6. The van der Waals surface area contributed by atoms with Crippen LogP contribution in [-0.4, -0.2) is 16.1 Å². The molecule has 2 saturated carbocycles. The summed E-state index contributed by atoms with van der Waals surface area (Å²) in [5, 5.41) is 0. The maximum atomic E-state index is 4.12. The largest absolute Gasteiger partial charge is 0.145 e. The number of hydrogen-bond acceptors (Lipinski definition) is 0. The second-order valence-corrected chi connectivity index (χ2v) is 24.3. The molecule has 4 atom stereocenters. The van der Waals surface area contributed by atoms with Gasteiger partial charge in [-0.25, -0.2) is 0 Å². The van der Waals surface area contributed by atoms with Gasteiger partial charge in [-0.05, 0) is 70.3 Å². The fraction of sp³-hybridized carbons (Fsp3) is 0.862. The van der Waals surface area contributed by atoms with Crippen LogP contribution < -0.4 is 0 Å². The van der Waals surface area contributed by atoms with Crippen molar-refractivity contribution in [2.75, 3.05) is 0 Å². The van der Waals surface area contributed by atoms with Crippen LogP contribution in [0, 0.1) is 35.1 Å². The summed E-state index contributed by atoms with van der Waals surface area (Å²) in [5.74, 6) is 7.14. The van der Waals surface area contributed by atoms with Crippen molar-refractivity contribution in [1.29, 1.82) is 0 Å². The lowest BCUT2D eigenvalue weighted by atomic mass is 9.80. The lowest BCUT2D eigenvalue weighted by Crippen LogP contribution is -2.43. The van der Waals surface area contributed by atoms with Crippen LogP contribution in [0.5, 0.6) is 0 Å². The molecule has 2 heteroatoms. The van der Waals surface area contributed by atoms with E-state index in [1.807, 2.05) is 0 Å². The normalized spacial score (nSPS) is 27.0. The Bertz CT molecular complexity index is 627. The van der Waals surface area contributed by atoms with Crippen LogP contribution in [0.15, 0.2) is 11.8 Å². The van der Waals surface area contributed by atoms with Gasteiger partial charge >= 0.3 is 0 Å². The number of allylic oxidation sites excluding steroid dienone is 1. The van der Waals surface area contributed by atoms with Crippen LogP contribution in [0.4, 0.5) is 0 Å². The Morgan fingerprint density at radius 2 is 1.10 bits per heavy atom. The standard InChI is InChI=1S/C29H54Si2/c1-20(2)30(21(3)4,22(5)6)17-15-28-26-13-14-27(19-26)29(28)16-18-31(23(7)8,24(9)10)25(11)12/h15,17,20-29H,13-14,19H2,1-12H3/b17-15+/t26-,27+,28+,29-/m0/s1. The molecule has 2 rings (SSSR count). The van der Waals surface area contributed by atoms with E-state index >= 15 is 0 Å². The van der Waals surface area contributed by atoms with Gasteiger partial charge in [-0.3, -0.25) is 0 Å². The molecule has 0 amide bonds. The zero-order valence-corrected chi connectivity index (χ0v) is 25.0. The van der Waals surface area contributed by atoms with Crippen LogP contribution in [0.1, 0.15) is 102 Å². The minimum absolute atomic E-state index is 0.622. The van der Waals surface area contributed by atoms with E-state index in [0.29, 0.717) is 11.8 Å². The summed E-state index contributed by atoms with van der Waals surface area (Å²) in [6, 6.07) is 0. The Morgan fingerprint density at radius 1 is 0.645 bits per heavy atom. The summed E-state index contributed by atoms with van der Waals surface area (Å²) in [4.78, 5) is 0. The Morgan fingerprint density at radius 3 is 1.52 bits per heavy atom. The van der Waals surface area contributed by atoms with Crippen molar-refractivity contribution < 1.29 is 0 Å². The van der Waals surface area contributed by atoms with Gasteiger partial charge in [0.25, 0.3) is 0 Å². The predicted octanol–water partition coefficient (Wildman–Crippen LogP) is 9.64. The van der Waals surface area contributed by atoms with Crippen LogP contribution >= 0.6 is 0 Å². The molecule has 0 unspecified atom stereocenters. The molecular formula is C29H54Si2. The molecule has 0 nitrogen and oxygen atoms in total. The topological polar surface area (TPSA) is 0 Å². The number of rotatable bonds is 8. The fourth-order valence-electron chi connectivity index (χ4n) is 8.32. The minimum atomic E-state index is -1.64. The first kappa shape index (κ1) is 27.0. The van der Waals surface area contributed by atoms with Crippen LogP contribution in [-0.2, 0) is 0 Å². The van der Waals surface area contributed by atoms with E-state index in [0.717, 1.165) is 45.1 Å². The monoisotopic (exact) mass is 458 g/mol. The quantitative estimate of drug-likeness (QED) is 0.251. The highest BCUT2D eigenvalue weighted by Gasteiger charge is 2.48. The summed E-state index contributed by atoms with van der Waals surface area (Å²) >= 11 is 0. The van der Waals surface area contributed by atoms with Crippen molar-refractivity contribution in [3.8, 4) is 11.5 Å². The molecule has 2 fully saturated rings. The molecule has 2 bridgehead atoms. The van der Waals surface area contributed by atoms with E-state index in [-0.39, 0.29) is 0 Å². The SMILES string of the molecule is CC(C)[Si](C#C[C@H]1[C@@H]2CC[C@@H](C2)[C@H]1/C=C/[Si](C(C)C)(C(C)C)C(C)C)(C(C)C)C(C)C. The van der Waals surface area contributed by atoms with E-state index in [4.69, 9.17) is 0 Å². The van der Waals surface area contributed by atoms with Crippen molar-refractivity contribution in [3.05, 3.63) is 11.8 Å². The molecule has 2 aliphatic rings. The maximum Gasteiger partial charge on any atom is 0.145 e. The van der Waals surface area contributed by atoms with Gasteiger partial charge in [0.1, 0.15) is 8.07 Å². The van der Waals surface area contributed by atoms with Crippen molar-refractivity contribution in [1.82, 2.24) is 0 Å². The van der Waals surface area contributed by atoms with Crippen LogP contribution in [0.25, 0.3) is 0 Å². The highest BCUT2D eigenvalue weighted by Crippen LogP contribution is 2.54. The first-order chi connectivity index (χ1) is 14.3. The minimum Gasteiger partial charge on any atom is -0.130 e. The summed E-state index contributed by atoms with van der Waals surface area (Å²) in [5.41, 5.74) is 11.5. The second kappa shape index (κ2) is 10.3. The Kier molecular flexibility index (Phi) is 9.00. The van der Waals surface area contributed by atoms with Gasteiger partial charge in [0.15, 0.2) is 0 Å². The van der Waals surface area contributed by atoms with Gasteiger partial charge in [-0.1, -0.05) is 94.9 Å². The number of fused-ring (bicyclic) bond motifs is 2. The van der Waals surface area contributed by atoms with Crippen molar-refractivity contribution >= 4 is 16.1 Å². The lowest BCUT2D eigenvalue weighted by molar-refractivity contribution is 0.328. The van der Waals surface area contributed by atoms with Gasteiger partial charge < -0.3 is 0 Å². The molecule has 0 aliphatic heterocycles. The molecule has 0 aromatic rings. The molecular weight excluding hydrogens is 404 g/mol. The third-order valence-electron chi connectivity index (χ3n) is 9.91. The molecule has 0 spiro atoms. The maximum absolute atomic E-state index is 4.12. The lowest BCUT2D eigenvalue weighted by Gasteiger charge is -2.41. The van der Waals surface area contributed by atoms with E-state index in [9.17, 15) is 0 Å². The zero-order valence-electron chi connectivity index (χ0n) is 23.0. The Hall–Kier alpha value is -0.266. The van der Waals surface area contributed by atoms with Crippen LogP contribution in [0.3, 0.4) is 0 Å². The molecule has 0 heterocycles. The van der Waals surface area contributed by atoms with E-state index < -0.39 is 16.1 Å². The molecule has 31 heavy (non-hydrogen) atoms. The molecule has 0 radical (unpaired) electrons. The van der Waals surface area contributed by atoms with Gasteiger partial charge in [0.2, 0.25) is 0 Å². The zero-order chi connectivity index (χ0) is 23.7. The molecule has 0 N–H and O–H groups in total. The van der Waals surface area contributed by atoms with Crippen LogP contribution in [0.2, 0.25) is 33.2 Å². The highest BCUT2D eigenvalue weighted by molar-refractivity contribution is 6.90. The second-order valence-electron chi connectivity index (χ2n) is 12.9. The molecule has 178 valence electrons. The highest BCUT2D eigenvalue weighted by atomic mass is 28.3. The van der Waals surface area contributed by atoms with Crippen molar-refractivity contribution in [2.45, 2.75) is 136 Å². The Labute approximate surface area is 198 Å². The Balaban J connectivity index is 2.44. The van der Waals surface area contributed by atoms with Gasteiger partial charge in [0.05, 0.1) is 8.07 Å². The molecule has 2 aliphatic carbocycles. The summed E-state index contributed by atoms with van der Waals surface area (Å²) < 4.78 is 0. The van der Waals surface area contributed by atoms with Crippen molar-refractivity contribution in [3.63, 3.8) is 0 Å². The van der Waals surface area contributed by atoms with Gasteiger partial charge in [-0.15, -0.1) is 11.5 Å². The van der Waals surface area contributed by atoms with Crippen molar-refractivity contribution in [2.24, 2.45) is 23.7 Å². The first-order valence-corrected chi connectivity index (χ1v) is 18.1. The average molecular weight is 459 g/mol. The van der Waals surface area contributed by atoms with Gasteiger partial charge in [0, 0.05) is 5.92 Å². The fourth-order valence-corrected chi connectivity index (χ4v) is 19.3. The van der Waals surface area contributed by atoms with E-state index in [2.05, 4.69) is 106 Å². The molecule has 0 aromatic heterocycles. The summed E-state index contributed by atoms with van der Waals surface area (Å²) in [6.07, 6.45) is 7.04. The van der Waals surface area contributed by atoms with Gasteiger partial charge in [-0.2, -0.15) is 0 Å². The predicted molar refractivity (Wildman–Crippen MR) is 147 cm³/mol. The molecule has 0 aromatic carbocycles. The third kappa shape index (κ3) is 4.84. The van der Waals surface area contributed by atoms with E-state index in [1.165, 1.54) is 19.3 Å². The average Bonchev–Trinajstić information content (AvgIpc) is 3.22. The molecule has 0 saturated heterocycles. The first-order valence-electron chi connectivity index (χ1n) is 13.5. The van der Waals surface area contributed by atoms with E-state index in [1.54, 1.807) is 0 Å². The summed E-state index contributed by atoms with van der Waals surface area (Å²) in [7, 11) is -3.13.